The lowest BCUT2D eigenvalue weighted by atomic mass is 9.96. The average Bonchev–Trinajstić information content (AvgIpc) is 3.08. The fraction of sp³-hybridized carbons (Fsp3) is 0.400. The Kier molecular flexibility index (Phi) is 3.70. The first-order valence-corrected chi connectivity index (χ1v) is 7.14. The highest BCUT2D eigenvalue weighted by atomic mass is 16.5. The van der Waals surface area contributed by atoms with E-state index in [1.165, 1.54) is 6.07 Å². The van der Waals surface area contributed by atoms with Crippen molar-refractivity contribution in [2.45, 2.75) is 39.2 Å². The number of nitrogens with one attached hydrogen (secondary N) is 1. The summed E-state index contributed by atoms with van der Waals surface area (Å²) in [5, 5.41) is 15.5. The highest BCUT2D eigenvalue weighted by Gasteiger charge is 2.24. The lowest BCUT2D eigenvalue weighted by Crippen LogP contribution is -2.24. The summed E-state index contributed by atoms with van der Waals surface area (Å²) in [7, 11) is 0. The van der Waals surface area contributed by atoms with Crippen molar-refractivity contribution in [1.82, 2.24) is 10.5 Å². The fourth-order valence-corrected chi connectivity index (χ4v) is 2.66. The van der Waals surface area contributed by atoms with Crippen molar-refractivity contribution in [3.05, 3.63) is 40.2 Å². The number of carbonyl (C=O) groups is 2. The summed E-state index contributed by atoms with van der Waals surface area (Å²) < 4.78 is 10.5. The van der Waals surface area contributed by atoms with E-state index in [0.717, 1.165) is 37.0 Å². The number of rotatable bonds is 4. The summed E-state index contributed by atoms with van der Waals surface area (Å²) in [5.74, 6) is 0.108. The third-order valence-corrected chi connectivity index (χ3v) is 3.79. The standard InChI is InChI=1S/C15H16N2O5/c1-8-11(15(19)20)6-9(21-8)7-16-14(18)13-10-4-2-3-5-12(10)22-17-13/h6H,2-5,7H2,1H3,(H,16,18)(H,19,20). The smallest absolute Gasteiger partial charge is 0.339 e. The quantitative estimate of drug-likeness (QED) is 0.896. The molecule has 7 heteroatoms. The van der Waals surface area contributed by atoms with E-state index in [-0.39, 0.29) is 18.0 Å². The molecule has 0 aliphatic heterocycles. The monoisotopic (exact) mass is 304 g/mol. The highest BCUT2D eigenvalue weighted by Crippen LogP contribution is 2.24. The van der Waals surface area contributed by atoms with Gasteiger partial charge < -0.3 is 19.4 Å². The van der Waals surface area contributed by atoms with E-state index in [2.05, 4.69) is 10.5 Å². The van der Waals surface area contributed by atoms with Gasteiger partial charge in [0.1, 0.15) is 22.8 Å². The molecule has 0 saturated heterocycles. The molecule has 22 heavy (non-hydrogen) atoms. The summed E-state index contributed by atoms with van der Waals surface area (Å²) >= 11 is 0. The third-order valence-electron chi connectivity index (χ3n) is 3.79. The van der Waals surface area contributed by atoms with Crippen LogP contribution in [0.15, 0.2) is 15.0 Å². The van der Waals surface area contributed by atoms with Gasteiger partial charge in [0.25, 0.3) is 5.91 Å². The SMILES string of the molecule is Cc1oc(CNC(=O)c2noc3c2CCCC3)cc1C(=O)O. The second kappa shape index (κ2) is 5.67. The molecular weight excluding hydrogens is 288 g/mol. The molecule has 1 aliphatic carbocycles. The number of amides is 1. The maximum Gasteiger partial charge on any atom is 0.339 e. The maximum atomic E-state index is 12.2. The van der Waals surface area contributed by atoms with E-state index in [9.17, 15) is 9.59 Å². The third kappa shape index (κ3) is 2.61. The van der Waals surface area contributed by atoms with Crippen LogP contribution >= 0.6 is 0 Å². The second-order valence-corrected chi connectivity index (χ2v) is 5.31. The lowest BCUT2D eigenvalue weighted by molar-refractivity contribution is 0.0694. The van der Waals surface area contributed by atoms with Gasteiger partial charge in [-0.25, -0.2) is 4.79 Å². The molecule has 0 atom stereocenters. The van der Waals surface area contributed by atoms with E-state index in [1.54, 1.807) is 6.92 Å². The lowest BCUT2D eigenvalue weighted by Gasteiger charge is -2.08. The number of hydrogen-bond donors (Lipinski definition) is 2. The first-order valence-electron chi connectivity index (χ1n) is 7.14. The molecule has 0 saturated carbocycles. The minimum Gasteiger partial charge on any atom is -0.478 e. The van der Waals surface area contributed by atoms with Gasteiger partial charge in [0, 0.05) is 12.0 Å². The number of carboxylic acids is 1. The molecule has 2 N–H and O–H groups in total. The average molecular weight is 304 g/mol. The Balaban J connectivity index is 1.69. The number of furan rings is 1. The minimum atomic E-state index is -1.05. The van der Waals surface area contributed by atoms with Gasteiger partial charge in [-0.05, 0) is 32.3 Å². The number of fused-ring (bicyclic) bond motifs is 1. The van der Waals surface area contributed by atoms with E-state index in [1.807, 2.05) is 0 Å². The highest BCUT2D eigenvalue weighted by molar-refractivity contribution is 5.94. The van der Waals surface area contributed by atoms with Gasteiger partial charge >= 0.3 is 5.97 Å². The summed E-state index contributed by atoms with van der Waals surface area (Å²) in [6, 6.07) is 1.41. The number of hydrogen-bond acceptors (Lipinski definition) is 5. The van der Waals surface area contributed by atoms with Crippen LogP contribution < -0.4 is 5.32 Å². The van der Waals surface area contributed by atoms with Crippen molar-refractivity contribution in [2.75, 3.05) is 0 Å². The molecule has 1 amide bonds. The summed E-state index contributed by atoms with van der Waals surface area (Å²) in [6.07, 6.45) is 3.68. The van der Waals surface area contributed by atoms with Crippen molar-refractivity contribution in [2.24, 2.45) is 0 Å². The number of carbonyl (C=O) groups excluding carboxylic acids is 1. The molecule has 0 fully saturated rings. The number of nitrogens with zero attached hydrogens (tertiary/aromatic N) is 1. The Morgan fingerprint density at radius 1 is 1.36 bits per heavy atom. The van der Waals surface area contributed by atoms with Gasteiger partial charge in [0.05, 0.1) is 6.54 Å². The summed E-state index contributed by atoms with van der Waals surface area (Å²) in [4.78, 5) is 23.1. The van der Waals surface area contributed by atoms with Crippen LogP contribution in [-0.4, -0.2) is 22.1 Å². The topological polar surface area (TPSA) is 106 Å². The van der Waals surface area contributed by atoms with Crippen molar-refractivity contribution in [3.8, 4) is 0 Å². The fourth-order valence-electron chi connectivity index (χ4n) is 2.66. The summed E-state index contributed by atoms with van der Waals surface area (Å²) in [5.41, 5.74) is 1.30. The zero-order valence-corrected chi connectivity index (χ0v) is 12.1. The van der Waals surface area contributed by atoms with Crippen LogP contribution in [0.25, 0.3) is 0 Å². The van der Waals surface area contributed by atoms with Crippen LogP contribution in [-0.2, 0) is 19.4 Å². The molecule has 7 nitrogen and oxygen atoms in total. The molecule has 0 bridgehead atoms. The van der Waals surface area contributed by atoms with Crippen LogP contribution in [0, 0.1) is 6.92 Å². The normalized spacial score (nSPS) is 13.7. The second-order valence-electron chi connectivity index (χ2n) is 5.31. The van der Waals surface area contributed by atoms with Gasteiger partial charge in [-0.15, -0.1) is 0 Å². The van der Waals surface area contributed by atoms with Crippen LogP contribution in [0.5, 0.6) is 0 Å². The van der Waals surface area contributed by atoms with Gasteiger partial charge in [0.15, 0.2) is 5.69 Å². The summed E-state index contributed by atoms with van der Waals surface area (Å²) in [6.45, 7) is 1.68. The molecule has 1 aliphatic rings. The van der Waals surface area contributed by atoms with Crippen molar-refractivity contribution >= 4 is 11.9 Å². The number of aryl methyl sites for hydroxylation is 2. The van der Waals surface area contributed by atoms with E-state index >= 15 is 0 Å². The molecule has 2 aromatic heterocycles. The molecule has 2 aromatic rings. The largest absolute Gasteiger partial charge is 0.478 e. The van der Waals surface area contributed by atoms with E-state index in [0.29, 0.717) is 17.2 Å². The predicted molar refractivity (Wildman–Crippen MR) is 74.7 cm³/mol. The maximum absolute atomic E-state index is 12.2. The Labute approximate surface area is 126 Å². The first kappa shape index (κ1) is 14.4. The zero-order chi connectivity index (χ0) is 15.7. The minimum absolute atomic E-state index is 0.100. The number of carboxylic acid groups (broad SMARTS) is 1. The molecule has 3 rings (SSSR count). The van der Waals surface area contributed by atoms with Gasteiger partial charge in [-0.1, -0.05) is 5.16 Å². The number of aromatic nitrogens is 1. The Bertz CT molecular complexity index is 728. The van der Waals surface area contributed by atoms with Crippen molar-refractivity contribution < 1.29 is 23.6 Å². The van der Waals surface area contributed by atoms with Crippen molar-refractivity contribution in [1.29, 1.82) is 0 Å². The molecule has 0 aromatic carbocycles. The van der Waals surface area contributed by atoms with Crippen LogP contribution in [0.1, 0.15) is 56.5 Å². The van der Waals surface area contributed by atoms with Gasteiger partial charge in [-0.2, -0.15) is 0 Å². The molecule has 116 valence electrons. The first-order chi connectivity index (χ1) is 10.6. The molecular formula is C15H16N2O5. The van der Waals surface area contributed by atoms with E-state index in [4.69, 9.17) is 14.0 Å². The Morgan fingerprint density at radius 2 is 2.14 bits per heavy atom. The molecule has 0 spiro atoms. The van der Waals surface area contributed by atoms with Crippen LogP contribution in [0.2, 0.25) is 0 Å². The molecule has 0 radical (unpaired) electrons. The van der Waals surface area contributed by atoms with Gasteiger partial charge in [0.2, 0.25) is 0 Å². The Morgan fingerprint density at radius 3 is 2.86 bits per heavy atom. The van der Waals surface area contributed by atoms with Crippen LogP contribution in [0.3, 0.4) is 0 Å². The zero-order valence-electron chi connectivity index (χ0n) is 12.1. The Hall–Kier alpha value is -2.57. The molecule has 2 heterocycles. The molecule has 0 unspecified atom stereocenters. The van der Waals surface area contributed by atoms with Gasteiger partial charge in [-0.3, -0.25) is 4.79 Å². The van der Waals surface area contributed by atoms with Crippen molar-refractivity contribution in [3.63, 3.8) is 0 Å². The predicted octanol–water partition coefficient (Wildman–Crippen LogP) is 2.08. The number of aromatic carboxylic acids is 1. The van der Waals surface area contributed by atoms with Crippen LogP contribution in [0.4, 0.5) is 0 Å². The van der Waals surface area contributed by atoms with E-state index < -0.39 is 5.97 Å².